The van der Waals surface area contributed by atoms with E-state index in [9.17, 15) is 0 Å². The van der Waals surface area contributed by atoms with E-state index in [1.54, 1.807) is 0 Å². The van der Waals surface area contributed by atoms with Crippen molar-refractivity contribution in [3.05, 3.63) is 0 Å². The van der Waals surface area contributed by atoms with Crippen LogP contribution in [0.3, 0.4) is 0 Å². The van der Waals surface area contributed by atoms with Crippen LogP contribution in [0.25, 0.3) is 0 Å². The van der Waals surface area contributed by atoms with Crippen molar-refractivity contribution < 1.29 is 0 Å². The number of likely N-dealkylation sites (tertiary alicyclic amines) is 1. The van der Waals surface area contributed by atoms with Gasteiger partial charge in [-0.15, -0.1) is 0 Å². The van der Waals surface area contributed by atoms with Crippen LogP contribution in [0.1, 0.15) is 25.7 Å². The van der Waals surface area contributed by atoms with Gasteiger partial charge in [0.25, 0.3) is 0 Å². The van der Waals surface area contributed by atoms with Crippen LogP contribution < -0.4 is 0 Å². The molecule has 12 heavy (non-hydrogen) atoms. The van der Waals surface area contributed by atoms with Crippen LogP contribution >= 0.6 is 0 Å². The maximum absolute atomic E-state index is 2.59. The van der Waals surface area contributed by atoms with Crippen molar-refractivity contribution in [1.29, 1.82) is 0 Å². The first kappa shape index (κ1) is 8.58. The lowest BCUT2D eigenvalue weighted by Gasteiger charge is -2.43. The third-order valence-electron chi connectivity index (χ3n) is 3.69. The first-order chi connectivity index (χ1) is 5.73. The summed E-state index contributed by atoms with van der Waals surface area (Å²) in [6.07, 6.45) is 5.65. The third-order valence-corrected chi connectivity index (χ3v) is 3.69. The Morgan fingerprint density at radius 3 is 2.42 bits per heavy atom. The number of likely N-dealkylation sites (N-methyl/N-ethyl adjacent to an activating group) is 1. The molecule has 2 fully saturated rings. The number of hydrogen-bond acceptors (Lipinski definition) is 2. The zero-order valence-corrected chi connectivity index (χ0v) is 8.34. The Hall–Kier alpha value is -0.0151. The Kier molecular flexibility index (Phi) is 2.17. The highest BCUT2D eigenvalue weighted by molar-refractivity contribution is 6.04. The summed E-state index contributed by atoms with van der Waals surface area (Å²) < 4.78 is 0. The molecule has 3 heteroatoms. The van der Waals surface area contributed by atoms with E-state index in [4.69, 9.17) is 0 Å². The monoisotopic (exact) mass is 166 g/mol. The van der Waals surface area contributed by atoms with Crippen LogP contribution in [0, 0.1) is 0 Å². The van der Waals surface area contributed by atoms with E-state index in [1.165, 1.54) is 45.3 Å². The zero-order valence-electron chi connectivity index (χ0n) is 8.34. The van der Waals surface area contributed by atoms with Gasteiger partial charge in [-0.3, -0.25) is 4.90 Å². The largest absolute Gasteiger partial charge is 0.347 e. The second-order valence-corrected chi connectivity index (χ2v) is 4.59. The normalized spacial score (nSPS) is 39.4. The lowest BCUT2D eigenvalue weighted by molar-refractivity contribution is 0.0977. The average molecular weight is 166 g/mol. The highest BCUT2D eigenvalue weighted by Crippen LogP contribution is 2.35. The lowest BCUT2D eigenvalue weighted by Crippen LogP contribution is -2.53. The van der Waals surface area contributed by atoms with Gasteiger partial charge in [0.2, 0.25) is 0 Å². The summed E-state index contributed by atoms with van der Waals surface area (Å²) in [5.74, 6) is 0. The van der Waals surface area contributed by atoms with Crippen molar-refractivity contribution in [2.45, 2.75) is 31.2 Å². The molecule has 0 aliphatic carbocycles. The second kappa shape index (κ2) is 3.04. The van der Waals surface area contributed by atoms with E-state index >= 15 is 0 Å². The summed E-state index contributed by atoms with van der Waals surface area (Å²) >= 11 is 0. The molecule has 1 atom stereocenters. The Morgan fingerprint density at radius 2 is 1.83 bits per heavy atom. The molecule has 0 aromatic heterocycles. The van der Waals surface area contributed by atoms with Crippen LogP contribution in [0.15, 0.2) is 0 Å². The van der Waals surface area contributed by atoms with Crippen molar-refractivity contribution in [1.82, 2.24) is 9.71 Å². The minimum absolute atomic E-state index is 0.562. The minimum Gasteiger partial charge on any atom is -0.347 e. The molecule has 2 heterocycles. The predicted octanol–water partition coefficient (Wildman–Crippen LogP) is 0.0947. The molecule has 0 aromatic carbocycles. The molecular formula is C9H19BN2. The number of rotatable bonds is 0. The molecule has 2 saturated heterocycles. The maximum atomic E-state index is 2.59. The van der Waals surface area contributed by atoms with Gasteiger partial charge in [0.15, 0.2) is 7.98 Å². The van der Waals surface area contributed by atoms with Crippen LogP contribution in [0.2, 0.25) is 0 Å². The Bertz CT molecular complexity index is 174. The average Bonchev–Trinajstić information content (AvgIpc) is 2.33. The fourth-order valence-electron chi connectivity index (χ4n) is 2.93. The fourth-order valence-corrected chi connectivity index (χ4v) is 2.93. The maximum Gasteiger partial charge on any atom is 0.185 e. The smallest absolute Gasteiger partial charge is 0.185 e. The SMILES string of the molecule is BN1CCCC2(CCCN2C)C1. The molecule has 2 rings (SSSR count). The molecule has 68 valence electrons. The molecule has 0 saturated carbocycles. The van der Waals surface area contributed by atoms with E-state index in [0.29, 0.717) is 5.54 Å². The van der Waals surface area contributed by atoms with E-state index < -0.39 is 0 Å². The summed E-state index contributed by atoms with van der Waals surface area (Å²) in [4.78, 5) is 5.08. The molecule has 1 spiro atoms. The van der Waals surface area contributed by atoms with Crippen molar-refractivity contribution in [3.63, 3.8) is 0 Å². The summed E-state index contributed by atoms with van der Waals surface area (Å²) in [6, 6.07) is 0. The predicted molar refractivity (Wildman–Crippen MR) is 53.9 cm³/mol. The van der Waals surface area contributed by atoms with Crippen LogP contribution in [-0.2, 0) is 0 Å². The van der Waals surface area contributed by atoms with Gasteiger partial charge >= 0.3 is 0 Å². The van der Waals surface area contributed by atoms with Gasteiger partial charge < -0.3 is 4.81 Å². The van der Waals surface area contributed by atoms with Crippen molar-refractivity contribution >= 4 is 7.98 Å². The van der Waals surface area contributed by atoms with Crippen LogP contribution in [-0.4, -0.2) is 49.9 Å². The molecule has 0 amide bonds. The molecule has 2 aliphatic rings. The highest BCUT2D eigenvalue weighted by Gasteiger charge is 2.40. The van der Waals surface area contributed by atoms with E-state index in [0.717, 1.165) is 0 Å². The van der Waals surface area contributed by atoms with E-state index in [1.807, 2.05) is 0 Å². The summed E-state index contributed by atoms with van der Waals surface area (Å²) in [5, 5.41) is 0. The quantitative estimate of drug-likeness (QED) is 0.471. The van der Waals surface area contributed by atoms with E-state index in [2.05, 4.69) is 24.7 Å². The zero-order chi connectivity index (χ0) is 8.60. The summed E-state index contributed by atoms with van der Waals surface area (Å²) in [7, 11) is 4.55. The van der Waals surface area contributed by atoms with Crippen molar-refractivity contribution in [2.75, 3.05) is 26.7 Å². The standard InChI is InChI=1S/C9H19BN2/c1-11-6-2-4-9(11)5-3-7-12(10)8-9/h2-8,10H2,1H3. The molecule has 0 aromatic rings. The lowest BCUT2D eigenvalue weighted by atomic mass is 9.85. The summed E-state index contributed by atoms with van der Waals surface area (Å²) in [6.45, 7) is 3.91. The fraction of sp³-hybridized carbons (Fsp3) is 1.00. The first-order valence-electron chi connectivity index (χ1n) is 5.13. The Labute approximate surface area is 76.3 Å². The minimum atomic E-state index is 0.562. The van der Waals surface area contributed by atoms with Gasteiger partial charge in [-0.25, -0.2) is 0 Å². The van der Waals surface area contributed by atoms with Gasteiger partial charge in [0, 0.05) is 12.1 Å². The van der Waals surface area contributed by atoms with E-state index in [-0.39, 0.29) is 0 Å². The molecule has 0 N–H and O–H groups in total. The molecule has 0 bridgehead atoms. The molecule has 0 radical (unpaired) electrons. The van der Waals surface area contributed by atoms with Gasteiger partial charge in [-0.05, 0) is 45.8 Å². The van der Waals surface area contributed by atoms with Crippen LogP contribution in [0.5, 0.6) is 0 Å². The molecular weight excluding hydrogens is 147 g/mol. The Balaban J connectivity index is 2.08. The Morgan fingerprint density at radius 1 is 1.17 bits per heavy atom. The first-order valence-corrected chi connectivity index (χ1v) is 5.13. The van der Waals surface area contributed by atoms with Crippen LogP contribution in [0.4, 0.5) is 0 Å². The third kappa shape index (κ3) is 1.29. The molecule has 1 unspecified atom stereocenters. The number of nitrogens with zero attached hydrogens (tertiary/aromatic N) is 2. The number of hydrogen-bond donors (Lipinski definition) is 0. The van der Waals surface area contributed by atoms with Crippen molar-refractivity contribution in [2.24, 2.45) is 0 Å². The van der Waals surface area contributed by atoms with Gasteiger partial charge in [0.05, 0.1) is 0 Å². The van der Waals surface area contributed by atoms with Gasteiger partial charge in [-0.1, -0.05) is 0 Å². The molecule has 2 aliphatic heterocycles. The topological polar surface area (TPSA) is 6.48 Å². The van der Waals surface area contributed by atoms with Gasteiger partial charge in [0.1, 0.15) is 0 Å². The summed E-state index contributed by atoms with van der Waals surface area (Å²) in [5.41, 5.74) is 0.562. The molecule has 2 nitrogen and oxygen atoms in total. The van der Waals surface area contributed by atoms with Crippen molar-refractivity contribution in [3.8, 4) is 0 Å². The van der Waals surface area contributed by atoms with Gasteiger partial charge in [-0.2, -0.15) is 0 Å². The second-order valence-electron chi connectivity index (χ2n) is 4.59. The number of piperidine rings is 1. The highest BCUT2D eigenvalue weighted by atomic mass is 15.2.